The van der Waals surface area contributed by atoms with Crippen LogP contribution in [0.1, 0.15) is 36.9 Å². The van der Waals surface area contributed by atoms with Crippen LogP contribution in [0, 0.1) is 6.92 Å². The molecule has 1 aromatic heterocycles. The maximum atomic E-state index is 5.93. The van der Waals surface area contributed by atoms with Crippen LogP contribution in [-0.4, -0.2) is 35.3 Å². The zero-order valence-electron chi connectivity index (χ0n) is 11.8. The third kappa shape index (κ3) is 2.52. The average Bonchev–Trinajstić information content (AvgIpc) is 2.46. The molecule has 108 valence electrons. The summed E-state index contributed by atoms with van der Waals surface area (Å²) in [6.07, 6.45) is 5.17. The van der Waals surface area contributed by atoms with Crippen LogP contribution >= 0.6 is 12.2 Å². The third-order valence-electron chi connectivity index (χ3n) is 4.28. The first-order valence-corrected chi connectivity index (χ1v) is 7.73. The Hall–Kier alpha value is -1.20. The van der Waals surface area contributed by atoms with Crippen LogP contribution in [0.3, 0.4) is 0 Å². The molecular formula is C15H21N3OS. The van der Waals surface area contributed by atoms with Gasteiger partial charge in [0.1, 0.15) is 10.8 Å². The fraction of sp³-hybridized carbons (Fsp3) is 0.600. The summed E-state index contributed by atoms with van der Waals surface area (Å²) >= 11 is 5.19. The van der Waals surface area contributed by atoms with E-state index in [-0.39, 0.29) is 0 Å². The second-order valence-corrected chi connectivity index (χ2v) is 6.08. The Labute approximate surface area is 125 Å². The number of nitrogens with two attached hydrogens (primary N) is 1. The van der Waals surface area contributed by atoms with E-state index < -0.39 is 0 Å². The number of pyridine rings is 1. The number of rotatable bonds is 2. The minimum Gasteiger partial charge on any atom is -0.389 e. The van der Waals surface area contributed by atoms with Gasteiger partial charge in [-0.2, -0.15) is 0 Å². The van der Waals surface area contributed by atoms with Crippen molar-refractivity contribution in [2.75, 3.05) is 18.1 Å². The van der Waals surface area contributed by atoms with Gasteiger partial charge in [-0.05, 0) is 31.9 Å². The van der Waals surface area contributed by atoms with Crippen molar-refractivity contribution >= 4 is 23.0 Å². The molecule has 1 aliphatic carbocycles. The van der Waals surface area contributed by atoms with Gasteiger partial charge in [0.15, 0.2) is 0 Å². The van der Waals surface area contributed by atoms with Gasteiger partial charge in [0, 0.05) is 12.2 Å². The molecule has 3 rings (SSSR count). The fourth-order valence-corrected chi connectivity index (χ4v) is 3.47. The molecule has 1 aliphatic heterocycles. The van der Waals surface area contributed by atoms with E-state index >= 15 is 0 Å². The zero-order valence-corrected chi connectivity index (χ0v) is 12.7. The molecular weight excluding hydrogens is 270 g/mol. The molecule has 4 nitrogen and oxygen atoms in total. The van der Waals surface area contributed by atoms with Gasteiger partial charge < -0.3 is 15.4 Å². The number of morpholine rings is 1. The largest absolute Gasteiger partial charge is 0.389 e. The third-order valence-corrected chi connectivity index (χ3v) is 4.50. The number of hydrogen-bond acceptors (Lipinski definition) is 4. The fourth-order valence-electron chi connectivity index (χ4n) is 3.31. The molecule has 0 bridgehead atoms. The van der Waals surface area contributed by atoms with Crippen LogP contribution in [0.5, 0.6) is 0 Å². The Balaban J connectivity index is 1.98. The second-order valence-electron chi connectivity index (χ2n) is 5.64. The molecule has 0 aromatic carbocycles. The molecule has 2 N–H and O–H groups in total. The SMILES string of the molecule is Cc1ccc(C(N)=S)c(N2CCOC3CCCCC32)n1. The lowest BCUT2D eigenvalue weighted by atomic mass is 9.90. The van der Waals surface area contributed by atoms with Crippen LogP contribution in [0.15, 0.2) is 12.1 Å². The van der Waals surface area contributed by atoms with E-state index in [1.807, 2.05) is 19.1 Å². The average molecular weight is 291 g/mol. The summed E-state index contributed by atoms with van der Waals surface area (Å²) in [5.74, 6) is 0.942. The van der Waals surface area contributed by atoms with Crippen LogP contribution in [-0.2, 0) is 4.74 Å². The summed E-state index contributed by atoms with van der Waals surface area (Å²) in [4.78, 5) is 7.50. The zero-order chi connectivity index (χ0) is 14.1. The number of aryl methyl sites for hydroxylation is 1. The Bertz CT molecular complexity index is 518. The number of anilines is 1. The van der Waals surface area contributed by atoms with E-state index in [1.165, 1.54) is 12.8 Å². The lowest BCUT2D eigenvalue weighted by Crippen LogP contribution is -2.53. The van der Waals surface area contributed by atoms with E-state index in [0.717, 1.165) is 43.1 Å². The molecule has 1 aromatic rings. The van der Waals surface area contributed by atoms with Gasteiger partial charge in [-0.1, -0.05) is 25.1 Å². The minimum absolute atomic E-state index is 0.332. The number of nitrogens with zero attached hydrogens (tertiary/aromatic N) is 2. The van der Waals surface area contributed by atoms with E-state index in [1.54, 1.807) is 0 Å². The van der Waals surface area contributed by atoms with Gasteiger partial charge in [-0.3, -0.25) is 0 Å². The Morgan fingerprint density at radius 3 is 3.00 bits per heavy atom. The summed E-state index contributed by atoms with van der Waals surface area (Å²) in [7, 11) is 0. The summed E-state index contributed by atoms with van der Waals surface area (Å²) in [5, 5.41) is 0. The summed E-state index contributed by atoms with van der Waals surface area (Å²) in [6.45, 7) is 3.63. The molecule has 2 aliphatic rings. The molecule has 2 heterocycles. The number of aromatic nitrogens is 1. The van der Waals surface area contributed by atoms with Crippen LogP contribution in [0.25, 0.3) is 0 Å². The quantitative estimate of drug-likeness (QED) is 0.846. The molecule has 2 unspecified atom stereocenters. The van der Waals surface area contributed by atoms with Crippen molar-refractivity contribution in [3.8, 4) is 0 Å². The maximum absolute atomic E-state index is 5.93. The molecule has 2 atom stereocenters. The molecule has 2 fully saturated rings. The molecule has 20 heavy (non-hydrogen) atoms. The summed E-state index contributed by atoms with van der Waals surface area (Å²) < 4.78 is 5.93. The highest BCUT2D eigenvalue weighted by atomic mass is 32.1. The normalized spacial score (nSPS) is 26.1. The van der Waals surface area contributed by atoms with E-state index in [2.05, 4.69) is 4.90 Å². The van der Waals surface area contributed by atoms with Gasteiger partial charge in [0.25, 0.3) is 0 Å². The highest BCUT2D eigenvalue weighted by Gasteiger charge is 2.35. The highest BCUT2D eigenvalue weighted by Crippen LogP contribution is 2.32. The Kier molecular flexibility index (Phi) is 3.89. The smallest absolute Gasteiger partial charge is 0.139 e. The van der Waals surface area contributed by atoms with E-state index in [0.29, 0.717) is 17.1 Å². The highest BCUT2D eigenvalue weighted by molar-refractivity contribution is 7.80. The molecule has 1 saturated carbocycles. The Morgan fingerprint density at radius 2 is 2.20 bits per heavy atom. The van der Waals surface area contributed by atoms with E-state index in [4.69, 9.17) is 27.7 Å². The number of fused-ring (bicyclic) bond motifs is 1. The van der Waals surface area contributed by atoms with Gasteiger partial charge >= 0.3 is 0 Å². The summed E-state index contributed by atoms with van der Waals surface area (Å²) in [5.41, 5.74) is 7.76. The monoisotopic (exact) mass is 291 g/mol. The van der Waals surface area contributed by atoms with Crippen molar-refractivity contribution in [2.45, 2.75) is 44.8 Å². The lowest BCUT2D eigenvalue weighted by molar-refractivity contribution is -0.00900. The molecule has 0 spiro atoms. The van der Waals surface area contributed by atoms with Gasteiger partial charge in [-0.15, -0.1) is 0 Å². The van der Waals surface area contributed by atoms with Gasteiger partial charge in [0.05, 0.1) is 24.3 Å². The second kappa shape index (κ2) is 5.66. The molecule has 1 saturated heterocycles. The predicted octanol–water partition coefficient (Wildman–Crippen LogP) is 2.17. The topological polar surface area (TPSA) is 51.4 Å². The molecule has 0 amide bonds. The first kappa shape index (κ1) is 13.8. The van der Waals surface area contributed by atoms with Crippen molar-refractivity contribution < 1.29 is 4.74 Å². The number of ether oxygens (including phenoxy) is 1. The van der Waals surface area contributed by atoms with Crippen molar-refractivity contribution in [1.29, 1.82) is 0 Å². The van der Waals surface area contributed by atoms with Crippen molar-refractivity contribution in [3.63, 3.8) is 0 Å². The van der Waals surface area contributed by atoms with Crippen LogP contribution < -0.4 is 10.6 Å². The standard InChI is InChI=1S/C15H21N3OS/c1-10-6-7-11(14(16)20)15(17-10)18-8-9-19-13-5-3-2-4-12(13)18/h6-7,12-13H,2-5,8-9H2,1H3,(H2,16,20). The van der Waals surface area contributed by atoms with Gasteiger partial charge in [-0.25, -0.2) is 4.98 Å². The van der Waals surface area contributed by atoms with Crippen LogP contribution in [0.2, 0.25) is 0 Å². The van der Waals surface area contributed by atoms with Crippen molar-refractivity contribution in [3.05, 3.63) is 23.4 Å². The minimum atomic E-state index is 0.332. The van der Waals surface area contributed by atoms with Gasteiger partial charge in [0.2, 0.25) is 0 Å². The summed E-state index contributed by atoms with van der Waals surface area (Å²) in [6, 6.07) is 4.38. The Morgan fingerprint density at radius 1 is 1.40 bits per heavy atom. The molecule has 0 radical (unpaired) electrons. The van der Waals surface area contributed by atoms with E-state index in [9.17, 15) is 0 Å². The number of hydrogen-bond donors (Lipinski definition) is 1. The predicted molar refractivity (Wildman–Crippen MR) is 84.2 cm³/mol. The first-order valence-electron chi connectivity index (χ1n) is 7.32. The lowest BCUT2D eigenvalue weighted by Gasteiger charge is -2.45. The number of thiocarbonyl (C=S) groups is 1. The van der Waals surface area contributed by atoms with Crippen molar-refractivity contribution in [2.24, 2.45) is 5.73 Å². The van der Waals surface area contributed by atoms with Crippen molar-refractivity contribution in [1.82, 2.24) is 4.98 Å². The first-order chi connectivity index (χ1) is 9.66. The molecule has 5 heteroatoms. The van der Waals surface area contributed by atoms with Crippen LogP contribution in [0.4, 0.5) is 5.82 Å². The maximum Gasteiger partial charge on any atom is 0.139 e.